The van der Waals surface area contributed by atoms with Crippen molar-refractivity contribution in [1.29, 1.82) is 0 Å². The van der Waals surface area contributed by atoms with Crippen LogP contribution in [0.3, 0.4) is 0 Å². The average molecular weight is 254 g/mol. The van der Waals surface area contributed by atoms with Crippen LogP contribution in [0.5, 0.6) is 0 Å². The van der Waals surface area contributed by atoms with Crippen molar-refractivity contribution >= 4 is 17.5 Å². The van der Waals surface area contributed by atoms with Gasteiger partial charge in [0, 0.05) is 24.1 Å². The number of fused-ring (bicyclic) bond motifs is 3. The molecule has 3 aliphatic rings. The van der Waals surface area contributed by atoms with Crippen LogP contribution in [0.15, 0.2) is 12.7 Å². The summed E-state index contributed by atoms with van der Waals surface area (Å²) in [6.07, 6.45) is 5.77. The van der Waals surface area contributed by atoms with Gasteiger partial charge in [-0.05, 0) is 31.6 Å². The van der Waals surface area contributed by atoms with Crippen LogP contribution in [0.1, 0.15) is 25.7 Å². The molecule has 1 N–H and O–H groups in total. The molecule has 0 bridgehead atoms. The van der Waals surface area contributed by atoms with Crippen molar-refractivity contribution in [2.24, 2.45) is 17.8 Å². The van der Waals surface area contributed by atoms with E-state index in [0.717, 1.165) is 25.7 Å². The molecule has 5 atom stereocenters. The molecule has 4 heteroatoms. The van der Waals surface area contributed by atoms with Crippen molar-refractivity contribution in [2.75, 3.05) is 6.61 Å². The largest absolute Gasteiger partial charge is 0.456 e. The number of thiocarbonyl (C=S) groups is 1. The van der Waals surface area contributed by atoms with Crippen molar-refractivity contribution < 1.29 is 14.6 Å². The topological polar surface area (TPSA) is 38.7 Å². The van der Waals surface area contributed by atoms with Gasteiger partial charge in [-0.3, -0.25) is 0 Å². The lowest BCUT2D eigenvalue weighted by molar-refractivity contribution is -0.140. The van der Waals surface area contributed by atoms with Crippen LogP contribution in [0.4, 0.5) is 0 Å². The maximum atomic E-state index is 10.9. The molecular weight excluding hydrogens is 236 g/mol. The second-order valence-electron chi connectivity index (χ2n) is 5.44. The highest BCUT2D eigenvalue weighted by molar-refractivity contribution is 7.79. The molecule has 3 rings (SSSR count). The lowest BCUT2D eigenvalue weighted by Gasteiger charge is -2.47. The first kappa shape index (κ1) is 11.5. The molecule has 0 unspecified atom stereocenters. The molecule has 1 aliphatic heterocycles. The molecule has 3 nitrogen and oxygen atoms in total. The van der Waals surface area contributed by atoms with Crippen LogP contribution in [-0.4, -0.2) is 28.7 Å². The maximum absolute atomic E-state index is 10.9. The SMILES string of the molecule is C=C[C@@H]1CC[C@H]2[C@@H]3COC(=S)O[C@H]3CC[C@]12O. The quantitative estimate of drug-likeness (QED) is 0.574. The zero-order valence-corrected chi connectivity index (χ0v) is 10.6. The molecular formula is C13H18O3S. The van der Waals surface area contributed by atoms with E-state index in [2.05, 4.69) is 6.58 Å². The monoisotopic (exact) mass is 254 g/mol. The molecule has 17 heavy (non-hydrogen) atoms. The summed E-state index contributed by atoms with van der Waals surface area (Å²) in [7, 11) is 0. The average Bonchev–Trinajstić information content (AvgIpc) is 2.66. The van der Waals surface area contributed by atoms with E-state index in [9.17, 15) is 5.11 Å². The van der Waals surface area contributed by atoms with Gasteiger partial charge in [-0.1, -0.05) is 6.08 Å². The normalized spacial score (nSPS) is 48.6. The predicted octanol–water partition coefficient (Wildman–Crippen LogP) is 2.04. The number of ether oxygens (including phenoxy) is 2. The summed E-state index contributed by atoms with van der Waals surface area (Å²) in [5.41, 5.74) is -0.589. The highest BCUT2D eigenvalue weighted by Gasteiger charge is 2.56. The molecule has 1 saturated heterocycles. The Morgan fingerprint density at radius 2 is 2.24 bits per heavy atom. The fourth-order valence-corrected chi connectivity index (χ4v) is 4.14. The van der Waals surface area contributed by atoms with E-state index >= 15 is 0 Å². The van der Waals surface area contributed by atoms with E-state index in [4.69, 9.17) is 21.7 Å². The van der Waals surface area contributed by atoms with E-state index in [-0.39, 0.29) is 29.1 Å². The highest BCUT2D eigenvalue weighted by atomic mass is 32.1. The van der Waals surface area contributed by atoms with Crippen molar-refractivity contribution in [2.45, 2.75) is 37.4 Å². The van der Waals surface area contributed by atoms with Gasteiger partial charge in [-0.15, -0.1) is 6.58 Å². The van der Waals surface area contributed by atoms with E-state index in [0.29, 0.717) is 6.61 Å². The molecule has 2 saturated carbocycles. The Morgan fingerprint density at radius 3 is 3.00 bits per heavy atom. The van der Waals surface area contributed by atoms with Gasteiger partial charge in [0.15, 0.2) is 0 Å². The first-order valence-electron chi connectivity index (χ1n) is 6.33. The molecule has 0 spiro atoms. The molecule has 0 aromatic rings. The van der Waals surface area contributed by atoms with E-state index in [1.165, 1.54) is 0 Å². The lowest BCUT2D eigenvalue weighted by atomic mass is 9.67. The summed E-state index contributed by atoms with van der Waals surface area (Å²) >= 11 is 4.94. The molecule has 0 aromatic heterocycles. The molecule has 0 amide bonds. The van der Waals surface area contributed by atoms with Crippen LogP contribution in [0.25, 0.3) is 0 Å². The summed E-state index contributed by atoms with van der Waals surface area (Å²) in [4.78, 5) is 0. The number of rotatable bonds is 1. The molecule has 1 heterocycles. The van der Waals surface area contributed by atoms with Crippen LogP contribution in [0.2, 0.25) is 0 Å². The summed E-state index contributed by atoms with van der Waals surface area (Å²) in [5, 5.41) is 11.1. The van der Waals surface area contributed by atoms with Gasteiger partial charge < -0.3 is 14.6 Å². The number of hydrogen-bond acceptors (Lipinski definition) is 4. The molecule has 2 aliphatic carbocycles. The van der Waals surface area contributed by atoms with E-state index in [1.54, 1.807) is 0 Å². The van der Waals surface area contributed by atoms with Crippen LogP contribution in [-0.2, 0) is 9.47 Å². The van der Waals surface area contributed by atoms with Crippen LogP contribution >= 0.6 is 12.2 Å². The van der Waals surface area contributed by atoms with Gasteiger partial charge in [0.1, 0.15) is 6.10 Å². The minimum atomic E-state index is -0.589. The first-order valence-corrected chi connectivity index (χ1v) is 6.74. The van der Waals surface area contributed by atoms with Gasteiger partial charge in [-0.25, -0.2) is 0 Å². The van der Waals surface area contributed by atoms with Gasteiger partial charge >= 0.3 is 5.24 Å². The molecule has 94 valence electrons. The van der Waals surface area contributed by atoms with E-state index in [1.807, 2.05) is 6.08 Å². The third-order valence-electron chi connectivity index (χ3n) is 4.82. The zero-order chi connectivity index (χ0) is 12.0. The Bertz CT molecular complexity index is 357. The Labute approximate surface area is 107 Å². The highest BCUT2D eigenvalue weighted by Crippen LogP contribution is 2.53. The third-order valence-corrected chi connectivity index (χ3v) is 5.04. The van der Waals surface area contributed by atoms with Crippen molar-refractivity contribution in [3.05, 3.63) is 12.7 Å². The van der Waals surface area contributed by atoms with Gasteiger partial charge in [0.2, 0.25) is 0 Å². The van der Waals surface area contributed by atoms with Gasteiger partial charge in [0.25, 0.3) is 0 Å². The summed E-state index contributed by atoms with van der Waals surface area (Å²) < 4.78 is 10.9. The second kappa shape index (κ2) is 3.95. The minimum Gasteiger partial charge on any atom is -0.456 e. The fraction of sp³-hybridized carbons (Fsp3) is 0.769. The van der Waals surface area contributed by atoms with Gasteiger partial charge in [0.05, 0.1) is 12.2 Å². The third kappa shape index (κ3) is 1.61. The maximum Gasteiger partial charge on any atom is 0.352 e. The number of hydrogen-bond donors (Lipinski definition) is 1. The molecule has 0 radical (unpaired) electrons. The Kier molecular flexibility index (Phi) is 2.67. The summed E-state index contributed by atoms with van der Waals surface area (Å²) in [6.45, 7) is 4.45. The zero-order valence-electron chi connectivity index (χ0n) is 9.80. The number of aliphatic hydroxyl groups is 1. The standard InChI is InChI=1S/C13H18O3S/c1-2-8-3-4-10-9-7-15-12(17)16-11(9)5-6-13(8,10)14/h2,8-11,14H,1,3-7H2/t8-,9+,10+,11+,13+/m1/s1. The summed E-state index contributed by atoms with van der Waals surface area (Å²) in [5.74, 6) is 0.778. The fourth-order valence-electron chi connectivity index (χ4n) is 3.95. The van der Waals surface area contributed by atoms with Gasteiger partial charge in [-0.2, -0.15) is 0 Å². The molecule has 3 fully saturated rings. The lowest BCUT2D eigenvalue weighted by Crippen LogP contribution is -2.54. The molecule has 0 aromatic carbocycles. The minimum absolute atomic E-state index is 0.144. The summed E-state index contributed by atoms with van der Waals surface area (Å²) in [6, 6.07) is 0. The predicted molar refractivity (Wildman–Crippen MR) is 67.5 cm³/mol. The van der Waals surface area contributed by atoms with Crippen molar-refractivity contribution in [3.63, 3.8) is 0 Å². The Morgan fingerprint density at radius 1 is 1.41 bits per heavy atom. The van der Waals surface area contributed by atoms with Crippen molar-refractivity contribution in [3.8, 4) is 0 Å². The van der Waals surface area contributed by atoms with Crippen LogP contribution in [0, 0.1) is 17.8 Å². The van der Waals surface area contributed by atoms with Crippen LogP contribution < -0.4 is 0 Å². The second-order valence-corrected chi connectivity index (χ2v) is 5.77. The smallest absolute Gasteiger partial charge is 0.352 e. The van der Waals surface area contributed by atoms with E-state index < -0.39 is 5.60 Å². The first-order chi connectivity index (χ1) is 8.15. The Hall–Kier alpha value is -0.610. The Balaban J connectivity index is 1.85. The van der Waals surface area contributed by atoms with Crippen molar-refractivity contribution in [1.82, 2.24) is 0 Å².